The Hall–Kier alpha value is -2.08. The minimum absolute atomic E-state index is 0.226. The van der Waals surface area contributed by atoms with Crippen LogP contribution in [0.15, 0.2) is 50.2 Å². The zero-order chi connectivity index (χ0) is 18.2. The molecule has 0 saturated heterocycles. The van der Waals surface area contributed by atoms with Gasteiger partial charge in [-0.15, -0.1) is 0 Å². The molecule has 2 aromatic rings. The Morgan fingerprint density at radius 3 is 3.11 bits per heavy atom. The second-order valence-electron chi connectivity index (χ2n) is 7.39. The van der Waals surface area contributed by atoms with E-state index >= 15 is 0 Å². The van der Waals surface area contributed by atoms with Gasteiger partial charge >= 0.3 is 0 Å². The molecule has 2 aromatic heterocycles. The van der Waals surface area contributed by atoms with Crippen LogP contribution in [0.5, 0.6) is 0 Å². The molecular weight excluding hydrogens is 356 g/mol. The Labute approximate surface area is 163 Å². The second kappa shape index (κ2) is 7.15. The topological polar surface area (TPSA) is 63.3 Å². The van der Waals surface area contributed by atoms with Crippen molar-refractivity contribution < 1.29 is 4.42 Å². The summed E-state index contributed by atoms with van der Waals surface area (Å²) in [4.78, 5) is 15.6. The third-order valence-electron chi connectivity index (χ3n) is 5.69. The summed E-state index contributed by atoms with van der Waals surface area (Å²) in [6, 6.07) is 3.88. The number of unbranched alkanes of at least 4 members (excludes halogenated alkanes) is 1. The lowest BCUT2D eigenvalue weighted by Gasteiger charge is -2.26. The summed E-state index contributed by atoms with van der Waals surface area (Å²) >= 11 is 1.83. The van der Waals surface area contributed by atoms with Gasteiger partial charge in [0, 0.05) is 5.71 Å². The molecule has 0 bridgehead atoms. The highest BCUT2D eigenvalue weighted by Gasteiger charge is 2.44. The van der Waals surface area contributed by atoms with Crippen LogP contribution in [0, 0.1) is 0 Å². The first kappa shape index (κ1) is 17.0. The fourth-order valence-corrected chi connectivity index (χ4v) is 5.82. The minimum atomic E-state index is 0.226. The predicted molar refractivity (Wildman–Crippen MR) is 108 cm³/mol. The highest BCUT2D eigenvalue weighted by Crippen LogP contribution is 2.55. The van der Waals surface area contributed by atoms with Crippen molar-refractivity contribution in [2.24, 2.45) is 4.99 Å². The Kier molecular flexibility index (Phi) is 4.52. The first-order valence-corrected chi connectivity index (χ1v) is 10.8. The lowest BCUT2D eigenvalue weighted by Crippen LogP contribution is -2.21. The van der Waals surface area contributed by atoms with Gasteiger partial charge < -0.3 is 9.73 Å². The van der Waals surface area contributed by atoms with Gasteiger partial charge in [-0.2, -0.15) is 0 Å². The largest absolute Gasteiger partial charge is 0.467 e. The average molecular weight is 381 g/mol. The van der Waals surface area contributed by atoms with Crippen LogP contribution in [0.4, 0.5) is 5.82 Å². The van der Waals surface area contributed by atoms with E-state index in [4.69, 9.17) is 14.4 Å². The summed E-state index contributed by atoms with van der Waals surface area (Å²) in [7, 11) is 0. The summed E-state index contributed by atoms with van der Waals surface area (Å²) in [6.07, 6.45) is 10.6. The molecule has 0 unspecified atom stereocenters. The molecule has 0 saturated carbocycles. The van der Waals surface area contributed by atoms with Crippen molar-refractivity contribution in [3.63, 3.8) is 0 Å². The maximum atomic E-state index is 5.44. The maximum absolute atomic E-state index is 5.44. The molecule has 2 atom stereocenters. The quantitative estimate of drug-likeness (QED) is 0.734. The molecule has 5 rings (SSSR count). The number of hydrogen-bond donors (Lipinski definition) is 1. The smallest absolute Gasteiger partial charge is 0.143 e. The molecule has 4 heterocycles. The highest BCUT2D eigenvalue weighted by atomic mass is 32.2. The van der Waals surface area contributed by atoms with Crippen molar-refractivity contribution in [1.82, 2.24) is 9.97 Å². The Morgan fingerprint density at radius 1 is 1.30 bits per heavy atom. The summed E-state index contributed by atoms with van der Waals surface area (Å²) in [6.45, 7) is 2.88. The van der Waals surface area contributed by atoms with E-state index in [0.717, 1.165) is 23.7 Å². The monoisotopic (exact) mass is 380 g/mol. The predicted octanol–water partition coefficient (Wildman–Crippen LogP) is 5.32. The van der Waals surface area contributed by atoms with E-state index in [-0.39, 0.29) is 5.37 Å². The number of aliphatic imine (C=N–C) groups is 1. The Bertz CT molecular complexity index is 903. The van der Waals surface area contributed by atoms with Crippen molar-refractivity contribution in [1.29, 1.82) is 0 Å². The number of furan rings is 1. The summed E-state index contributed by atoms with van der Waals surface area (Å²) in [5.41, 5.74) is 5.67. The highest BCUT2D eigenvalue weighted by molar-refractivity contribution is 8.00. The number of hydrogen-bond acceptors (Lipinski definition) is 6. The number of thioether (sulfide) groups is 1. The lowest BCUT2D eigenvalue weighted by molar-refractivity contribution is 0.517. The summed E-state index contributed by atoms with van der Waals surface area (Å²) in [5, 5.41) is 3.66. The molecule has 27 heavy (non-hydrogen) atoms. The van der Waals surface area contributed by atoms with E-state index in [9.17, 15) is 0 Å². The maximum Gasteiger partial charge on any atom is 0.143 e. The first-order chi connectivity index (χ1) is 13.3. The van der Waals surface area contributed by atoms with E-state index in [1.54, 1.807) is 23.7 Å². The van der Waals surface area contributed by atoms with Crippen molar-refractivity contribution in [2.75, 3.05) is 5.32 Å². The van der Waals surface area contributed by atoms with Crippen molar-refractivity contribution >= 4 is 23.3 Å². The Balaban J connectivity index is 1.46. The van der Waals surface area contributed by atoms with Gasteiger partial charge in [-0.1, -0.05) is 30.7 Å². The normalized spacial score (nSPS) is 23.1. The van der Waals surface area contributed by atoms with Crippen LogP contribution in [-0.4, -0.2) is 21.1 Å². The third kappa shape index (κ3) is 3.00. The van der Waals surface area contributed by atoms with Gasteiger partial charge in [-0.3, -0.25) is 4.99 Å². The number of nitrogens with zero attached hydrogens (tertiary/aromatic N) is 3. The van der Waals surface area contributed by atoms with Crippen LogP contribution in [0.2, 0.25) is 0 Å². The van der Waals surface area contributed by atoms with Crippen molar-refractivity contribution in [2.45, 2.75) is 68.2 Å². The number of aromatic nitrogens is 2. The van der Waals surface area contributed by atoms with Gasteiger partial charge in [-0.05, 0) is 49.8 Å². The van der Waals surface area contributed by atoms with Crippen LogP contribution >= 0.6 is 11.8 Å². The number of dihydropyridines is 1. The van der Waals surface area contributed by atoms with Gasteiger partial charge in [0.1, 0.15) is 23.3 Å². The molecule has 1 N–H and O–H groups in total. The average Bonchev–Trinajstić information content (AvgIpc) is 3.42. The molecule has 0 aromatic carbocycles. The molecule has 140 valence electrons. The fraction of sp³-hybridized carbons (Fsp3) is 0.476. The lowest BCUT2D eigenvalue weighted by atomic mass is 9.87. The molecule has 3 aliphatic rings. The van der Waals surface area contributed by atoms with Gasteiger partial charge in [-0.25, -0.2) is 9.97 Å². The Morgan fingerprint density at radius 2 is 2.26 bits per heavy atom. The zero-order valence-electron chi connectivity index (χ0n) is 15.6. The summed E-state index contributed by atoms with van der Waals surface area (Å²) < 4.78 is 5.44. The van der Waals surface area contributed by atoms with Crippen LogP contribution in [-0.2, 0) is 6.54 Å². The van der Waals surface area contributed by atoms with E-state index in [1.807, 2.05) is 23.9 Å². The minimum Gasteiger partial charge on any atom is -0.467 e. The van der Waals surface area contributed by atoms with E-state index < -0.39 is 0 Å². The SMILES string of the molecule is CCCCC1=N[C@H]2Sc3c(NCc4ccco4)ncnc3[C@@H]2C2=C1CCC2. The molecule has 0 spiro atoms. The molecule has 0 fully saturated rings. The fourth-order valence-electron chi connectivity index (χ4n) is 4.43. The number of fused-ring (bicyclic) bond motifs is 4. The number of anilines is 1. The number of rotatable bonds is 6. The van der Waals surface area contributed by atoms with Gasteiger partial charge in [0.2, 0.25) is 0 Å². The molecule has 1 aliphatic carbocycles. The van der Waals surface area contributed by atoms with E-state index in [2.05, 4.69) is 17.2 Å². The molecule has 0 radical (unpaired) electrons. The van der Waals surface area contributed by atoms with Crippen molar-refractivity contribution in [3.8, 4) is 0 Å². The van der Waals surface area contributed by atoms with Crippen molar-refractivity contribution in [3.05, 3.63) is 47.3 Å². The standard InChI is InChI=1S/C21H24N4OS/c1-2-3-9-16-14-7-4-8-15(14)17-18-19(27-21(17)25-16)20(24-12-23-18)22-11-13-6-5-10-26-13/h5-6,10,12,17,21H,2-4,7-9,11H2,1H3,(H,22,23,24)/t17-,21-/m0/s1. The van der Waals surface area contributed by atoms with E-state index in [1.165, 1.54) is 42.7 Å². The van der Waals surface area contributed by atoms with E-state index in [0.29, 0.717) is 12.5 Å². The zero-order valence-corrected chi connectivity index (χ0v) is 16.4. The van der Waals surface area contributed by atoms with Crippen LogP contribution in [0.3, 0.4) is 0 Å². The number of allylic oxidation sites excluding steroid dienone is 1. The third-order valence-corrected chi connectivity index (χ3v) is 6.95. The van der Waals surface area contributed by atoms with Crippen LogP contribution in [0.1, 0.15) is 62.8 Å². The molecule has 6 heteroatoms. The molecule has 5 nitrogen and oxygen atoms in total. The van der Waals surface area contributed by atoms with Gasteiger partial charge in [0.05, 0.1) is 29.3 Å². The molecule has 2 aliphatic heterocycles. The van der Waals surface area contributed by atoms with Gasteiger partial charge in [0.15, 0.2) is 0 Å². The number of nitrogens with one attached hydrogen (secondary N) is 1. The summed E-state index contributed by atoms with van der Waals surface area (Å²) in [5.74, 6) is 2.14. The van der Waals surface area contributed by atoms with Gasteiger partial charge in [0.25, 0.3) is 0 Å². The second-order valence-corrected chi connectivity index (χ2v) is 8.52. The van der Waals surface area contributed by atoms with Crippen LogP contribution < -0.4 is 5.32 Å². The van der Waals surface area contributed by atoms with Crippen LogP contribution in [0.25, 0.3) is 0 Å². The molecular formula is C21H24N4OS. The first-order valence-electron chi connectivity index (χ1n) is 9.92. The molecule has 0 amide bonds.